The van der Waals surface area contributed by atoms with Crippen molar-refractivity contribution in [3.8, 4) is 10.4 Å². The molecular formula is C27H37N5O5S. The smallest absolute Gasteiger partial charge is 0.246 e. The van der Waals surface area contributed by atoms with E-state index in [-0.39, 0.29) is 37.8 Å². The van der Waals surface area contributed by atoms with Crippen LogP contribution in [0.1, 0.15) is 64.3 Å². The molecule has 5 N–H and O–H groups in total. The molecule has 3 rings (SSSR count). The second-order valence-corrected chi connectivity index (χ2v) is 11.7. The molecule has 1 aromatic carbocycles. The molecule has 0 spiro atoms. The number of primary amides is 1. The molecule has 4 atom stereocenters. The fraction of sp³-hybridized carbons (Fsp3) is 0.519. The lowest BCUT2D eigenvalue weighted by Crippen LogP contribution is -2.57. The summed E-state index contributed by atoms with van der Waals surface area (Å²) in [6, 6.07) is 5.70. The zero-order valence-electron chi connectivity index (χ0n) is 22.5. The van der Waals surface area contributed by atoms with Gasteiger partial charge in [0.1, 0.15) is 12.1 Å². The van der Waals surface area contributed by atoms with Gasteiger partial charge in [0.05, 0.1) is 28.2 Å². The highest BCUT2D eigenvalue weighted by atomic mass is 32.1. The highest BCUT2D eigenvalue weighted by Gasteiger charge is 2.44. The van der Waals surface area contributed by atoms with Crippen LogP contribution in [-0.4, -0.2) is 63.4 Å². The second kappa shape index (κ2) is 12.0. The maximum Gasteiger partial charge on any atom is 0.246 e. The SMILES string of the molecule is Cc1ncsc1-c1ccc([C@H](C)NC(=O)[C@@H]2C[C@@H](O)CN2C(=O)[C@@H](NC(=O)CCC(N)=O)C(C)(C)C)cc1. The zero-order valence-corrected chi connectivity index (χ0v) is 23.3. The minimum atomic E-state index is -0.955. The van der Waals surface area contributed by atoms with E-state index in [2.05, 4.69) is 15.6 Å². The summed E-state index contributed by atoms with van der Waals surface area (Å²) in [6.45, 7) is 9.20. The number of hydrogen-bond donors (Lipinski definition) is 4. The van der Waals surface area contributed by atoms with Gasteiger partial charge < -0.3 is 26.4 Å². The Morgan fingerprint density at radius 2 is 1.82 bits per heavy atom. The predicted octanol–water partition coefficient (Wildman–Crippen LogP) is 2.05. The van der Waals surface area contributed by atoms with E-state index in [9.17, 15) is 24.3 Å². The summed E-state index contributed by atoms with van der Waals surface area (Å²) in [5.41, 5.74) is 9.17. The van der Waals surface area contributed by atoms with Gasteiger partial charge in [0.25, 0.3) is 0 Å². The molecule has 0 saturated carbocycles. The van der Waals surface area contributed by atoms with Crippen LogP contribution >= 0.6 is 11.3 Å². The third-order valence-corrected chi connectivity index (χ3v) is 7.64. The Balaban J connectivity index is 1.71. The van der Waals surface area contributed by atoms with Crippen molar-refractivity contribution in [2.45, 2.75) is 78.1 Å². The number of aliphatic hydroxyl groups is 1. The fourth-order valence-electron chi connectivity index (χ4n) is 4.49. The highest BCUT2D eigenvalue weighted by Crippen LogP contribution is 2.29. The third kappa shape index (κ3) is 7.16. The number of nitrogens with zero attached hydrogens (tertiary/aromatic N) is 2. The van der Waals surface area contributed by atoms with Crippen LogP contribution in [0.5, 0.6) is 0 Å². The summed E-state index contributed by atoms with van der Waals surface area (Å²) >= 11 is 1.57. The minimum Gasteiger partial charge on any atom is -0.391 e. The first-order chi connectivity index (χ1) is 17.8. The average Bonchev–Trinajstić information content (AvgIpc) is 3.45. The molecule has 206 valence electrons. The number of aryl methyl sites for hydroxylation is 1. The first-order valence-corrected chi connectivity index (χ1v) is 13.5. The van der Waals surface area contributed by atoms with Crippen LogP contribution in [0.2, 0.25) is 0 Å². The average molecular weight is 544 g/mol. The van der Waals surface area contributed by atoms with Crippen LogP contribution in [0, 0.1) is 12.3 Å². The number of aliphatic hydroxyl groups excluding tert-OH is 1. The van der Waals surface area contributed by atoms with Crippen LogP contribution in [0.25, 0.3) is 10.4 Å². The molecule has 38 heavy (non-hydrogen) atoms. The number of rotatable bonds is 9. The van der Waals surface area contributed by atoms with Crippen molar-refractivity contribution in [3.63, 3.8) is 0 Å². The Hall–Kier alpha value is -3.31. The van der Waals surface area contributed by atoms with E-state index >= 15 is 0 Å². The predicted molar refractivity (Wildman–Crippen MR) is 145 cm³/mol. The lowest BCUT2D eigenvalue weighted by Gasteiger charge is -2.35. The number of nitrogens with one attached hydrogen (secondary N) is 2. The van der Waals surface area contributed by atoms with Gasteiger partial charge in [-0.3, -0.25) is 19.2 Å². The van der Waals surface area contributed by atoms with E-state index in [0.717, 1.165) is 21.7 Å². The highest BCUT2D eigenvalue weighted by molar-refractivity contribution is 7.13. The van der Waals surface area contributed by atoms with E-state index < -0.39 is 41.3 Å². The molecule has 0 radical (unpaired) electrons. The number of carbonyl (C=O) groups is 4. The minimum absolute atomic E-state index is 0.0159. The van der Waals surface area contributed by atoms with Crippen molar-refractivity contribution in [1.29, 1.82) is 0 Å². The van der Waals surface area contributed by atoms with Gasteiger partial charge >= 0.3 is 0 Å². The maximum absolute atomic E-state index is 13.6. The van der Waals surface area contributed by atoms with Crippen LogP contribution < -0.4 is 16.4 Å². The lowest BCUT2D eigenvalue weighted by molar-refractivity contribution is -0.144. The number of amides is 4. The zero-order chi connectivity index (χ0) is 28.2. The number of thiazole rings is 1. The summed E-state index contributed by atoms with van der Waals surface area (Å²) in [5.74, 6) is -1.93. The van der Waals surface area contributed by atoms with E-state index in [1.807, 2.05) is 38.1 Å². The van der Waals surface area contributed by atoms with Gasteiger partial charge in [-0.25, -0.2) is 4.98 Å². The summed E-state index contributed by atoms with van der Waals surface area (Å²) in [7, 11) is 0. The first kappa shape index (κ1) is 29.2. The largest absolute Gasteiger partial charge is 0.391 e. The van der Waals surface area contributed by atoms with Gasteiger partial charge in [0.2, 0.25) is 23.6 Å². The number of carbonyl (C=O) groups excluding carboxylic acids is 4. The topological polar surface area (TPSA) is 155 Å². The van der Waals surface area contributed by atoms with Gasteiger partial charge in [-0.2, -0.15) is 0 Å². The molecule has 1 aliphatic heterocycles. The summed E-state index contributed by atoms with van der Waals surface area (Å²) in [6.07, 6.45) is -1.04. The molecule has 0 unspecified atom stereocenters. The lowest BCUT2D eigenvalue weighted by atomic mass is 9.85. The van der Waals surface area contributed by atoms with Gasteiger partial charge in [0, 0.05) is 25.8 Å². The molecule has 2 heterocycles. The summed E-state index contributed by atoms with van der Waals surface area (Å²) < 4.78 is 0. The van der Waals surface area contributed by atoms with E-state index in [1.165, 1.54) is 4.90 Å². The van der Waals surface area contributed by atoms with E-state index in [0.29, 0.717) is 0 Å². The molecule has 10 nitrogen and oxygen atoms in total. The quantitative estimate of drug-likeness (QED) is 0.380. The standard InChI is InChI=1S/C27H37N5O5S/c1-15(17-6-8-18(9-7-17)23-16(2)29-14-38-23)30-25(36)20-12-19(33)13-32(20)26(37)24(27(3,4)5)31-22(35)11-10-21(28)34/h6-9,14-15,19-20,24,33H,10-13H2,1-5H3,(H2,28,34)(H,30,36)(H,31,35)/t15-,19+,20-,24+/m0/s1. The first-order valence-electron chi connectivity index (χ1n) is 12.6. The molecule has 0 bridgehead atoms. The Kier molecular flexibility index (Phi) is 9.26. The second-order valence-electron chi connectivity index (χ2n) is 10.8. The molecule has 4 amide bonds. The Morgan fingerprint density at radius 3 is 2.37 bits per heavy atom. The van der Waals surface area contributed by atoms with E-state index in [1.54, 1.807) is 37.6 Å². The summed E-state index contributed by atoms with van der Waals surface area (Å²) in [5, 5.41) is 16.0. The van der Waals surface area contributed by atoms with Gasteiger partial charge in [-0.15, -0.1) is 11.3 Å². The van der Waals surface area contributed by atoms with Crippen molar-refractivity contribution in [3.05, 3.63) is 41.0 Å². The summed E-state index contributed by atoms with van der Waals surface area (Å²) in [4.78, 5) is 57.1. The van der Waals surface area contributed by atoms with Gasteiger partial charge in [0.15, 0.2) is 0 Å². The van der Waals surface area contributed by atoms with Crippen LogP contribution in [0.3, 0.4) is 0 Å². The normalized spacial score (nSPS) is 19.1. The van der Waals surface area contributed by atoms with Gasteiger partial charge in [-0.05, 0) is 30.4 Å². The molecule has 1 saturated heterocycles. The number of β-amino-alcohol motifs (C(OH)–C–C–N with tert-alkyl or cyclic N) is 1. The maximum atomic E-state index is 13.6. The monoisotopic (exact) mass is 543 g/mol. The number of likely N-dealkylation sites (tertiary alicyclic amines) is 1. The Bertz CT molecular complexity index is 1170. The molecular weight excluding hydrogens is 506 g/mol. The van der Waals surface area contributed by atoms with Crippen molar-refractivity contribution >= 4 is 35.0 Å². The number of benzene rings is 1. The molecule has 1 aliphatic rings. The Labute approximate surface area is 227 Å². The van der Waals surface area contributed by atoms with Crippen LogP contribution in [0.4, 0.5) is 0 Å². The number of hydrogen-bond acceptors (Lipinski definition) is 7. The van der Waals surface area contributed by atoms with E-state index in [4.69, 9.17) is 5.73 Å². The fourth-order valence-corrected chi connectivity index (χ4v) is 5.30. The number of aromatic nitrogens is 1. The van der Waals surface area contributed by atoms with Crippen molar-refractivity contribution in [2.75, 3.05) is 6.54 Å². The van der Waals surface area contributed by atoms with Crippen molar-refractivity contribution in [2.24, 2.45) is 11.1 Å². The van der Waals surface area contributed by atoms with Crippen LogP contribution in [-0.2, 0) is 19.2 Å². The van der Waals surface area contributed by atoms with Crippen molar-refractivity contribution in [1.82, 2.24) is 20.5 Å². The molecule has 1 fully saturated rings. The molecule has 2 aromatic rings. The number of nitrogens with two attached hydrogens (primary N) is 1. The third-order valence-electron chi connectivity index (χ3n) is 6.66. The molecule has 11 heteroatoms. The van der Waals surface area contributed by atoms with Gasteiger partial charge in [-0.1, -0.05) is 45.0 Å². The Morgan fingerprint density at radius 1 is 1.16 bits per heavy atom. The van der Waals surface area contributed by atoms with Crippen molar-refractivity contribution < 1.29 is 24.3 Å². The van der Waals surface area contributed by atoms with Crippen LogP contribution in [0.15, 0.2) is 29.8 Å². The molecule has 1 aromatic heterocycles. The molecule has 0 aliphatic carbocycles.